The van der Waals surface area contributed by atoms with Gasteiger partial charge in [-0.2, -0.15) is 5.10 Å². The van der Waals surface area contributed by atoms with Gasteiger partial charge in [0.15, 0.2) is 0 Å². The number of hydrogen-bond donors (Lipinski definition) is 1. The van der Waals surface area contributed by atoms with E-state index in [2.05, 4.69) is 25.9 Å². The fraction of sp³-hybridized carbons (Fsp3) is 0.400. The number of ether oxygens (including phenoxy) is 1. The summed E-state index contributed by atoms with van der Waals surface area (Å²) < 4.78 is 7.16. The molecule has 1 aromatic heterocycles. The molecule has 4 heteroatoms. The zero-order valence-corrected chi connectivity index (χ0v) is 12.2. The van der Waals surface area contributed by atoms with Gasteiger partial charge in [-0.1, -0.05) is 39.0 Å². The van der Waals surface area contributed by atoms with Crippen LogP contribution in [0.15, 0.2) is 24.3 Å². The van der Waals surface area contributed by atoms with Gasteiger partial charge in [-0.3, -0.25) is 4.68 Å². The Balaban J connectivity index is 2.75. The molecule has 0 aliphatic carbocycles. The monoisotopic (exact) mass is 259 g/mol. The molecule has 0 spiro atoms. The lowest BCUT2D eigenvalue weighted by molar-refractivity contribution is 0.416. The summed E-state index contributed by atoms with van der Waals surface area (Å²) in [5, 5.41) is 4.57. The van der Waals surface area contributed by atoms with E-state index in [-0.39, 0.29) is 5.41 Å². The largest absolute Gasteiger partial charge is 0.496 e. The summed E-state index contributed by atoms with van der Waals surface area (Å²) in [4.78, 5) is 0. The third-order valence-electron chi connectivity index (χ3n) is 3.18. The van der Waals surface area contributed by atoms with Gasteiger partial charge in [0.25, 0.3) is 0 Å². The van der Waals surface area contributed by atoms with Gasteiger partial charge in [0, 0.05) is 18.0 Å². The van der Waals surface area contributed by atoms with E-state index in [0.717, 1.165) is 22.6 Å². The van der Waals surface area contributed by atoms with E-state index < -0.39 is 0 Å². The number of nitrogens with zero attached hydrogens (tertiary/aromatic N) is 2. The standard InChI is InChI=1S/C15H21N3O/c1-15(2,3)13-12(14(16)18(4)17-13)10-8-6-7-9-11(10)19-5/h6-9H,16H2,1-5H3. The van der Waals surface area contributed by atoms with Gasteiger partial charge in [0.1, 0.15) is 11.6 Å². The summed E-state index contributed by atoms with van der Waals surface area (Å²) in [6.45, 7) is 6.40. The molecule has 0 aliphatic heterocycles. The van der Waals surface area contributed by atoms with Gasteiger partial charge >= 0.3 is 0 Å². The topological polar surface area (TPSA) is 53.1 Å². The van der Waals surface area contributed by atoms with E-state index in [4.69, 9.17) is 10.5 Å². The molecule has 0 radical (unpaired) electrons. The van der Waals surface area contributed by atoms with Crippen LogP contribution in [0.5, 0.6) is 5.75 Å². The fourth-order valence-electron chi connectivity index (χ4n) is 2.18. The molecule has 0 amide bonds. The molecular formula is C15H21N3O. The van der Waals surface area contributed by atoms with Gasteiger partial charge in [-0.05, 0) is 6.07 Å². The summed E-state index contributed by atoms with van der Waals surface area (Å²) >= 11 is 0. The molecule has 0 aliphatic rings. The van der Waals surface area contributed by atoms with Crippen LogP contribution in [0.25, 0.3) is 11.1 Å². The van der Waals surface area contributed by atoms with Crippen LogP contribution in [-0.4, -0.2) is 16.9 Å². The highest BCUT2D eigenvalue weighted by atomic mass is 16.5. The van der Waals surface area contributed by atoms with E-state index in [0.29, 0.717) is 5.82 Å². The number of aryl methyl sites for hydroxylation is 1. The average molecular weight is 259 g/mol. The van der Waals surface area contributed by atoms with Crippen molar-refractivity contribution in [3.63, 3.8) is 0 Å². The number of hydrogen-bond acceptors (Lipinski definition) is 3. The Labute approximate surface area is 114 Å². The number of nitrogen functional groups attached to an aromatic ring is 1. The molecule has 0 saturated carbocycles. The van der Waals surface area contributed by atoms with Crippen molar-refractivity contribution < 1.29 is 4.74 Å². The number of methoxy groups -OCH3 is 1. The maximum atomic E-state index is 6.20. The van der Waals surface area contributed by atoms with Crippen LogP contribution in [0.3, 0.4) is 0 Å². The molecule has 4 nitrogen and oxygen atoms in total. The molecule has 1 heterocycles. The summed E-state index contributed by atoms with van der Waals surface area (Å²) in [6.07, 6.45) is 0. The molecule has 0 fully saturated rings. The van der Waals surface area contributed by atoms with Crippen LogP contribution in [0.1, 0.15) is 26.5 Å². The number of nitrogens with two attached hydrogens (primary N) is 1. The Hall–Kier alpha value is -1.97. The minimum Gasteiger partial charge on any atom is -0.496 e. The second-order valence-corrected chi connectivity index (χ2v) is 5.68. The first-order valence-corrected chi connectivity index (χ1v) is 6.32. The Morgan fingerprint density at radius 3 is 2.42 bits per heavy atom. The Morgan fingerprint density at radius 1 is 1.21 bits per heavy atom. The van der Waals surface area contributed by atoms with Gasteiger partial charge in [-0.25, -0.2) is 0 Å². The minimum absolute atomic E-state index is 0.0778. The van der Waals surface area contributed by atoms with Gasteiger partial charge in [0.2, 0.25) is 0 Å². The van der Waals surface area contributed by atoms with Crippen molar-refractivity contribution in [2.75, 3.05) is 12.8 Å². The lowest BCUT2D eigenvalue weighted by atomic mass is 9.87. The molecule has 102 valence electrons. The summed E-state index contributed by atoms with van der Waals surface area (Å²) in [5.74, 6) is 1.47. The quantitative estimate of drug-likeness (QED) is 0.902. The van der Waals surface area contributed by atoms with E-state index in [1.807, 2.05) is 31.3 Å². The van der Waals surface area contributed by atoms with Crippen molar-refractivity contribution >= 4 is 5.82 Å². The van der Waals surface area contributed by atoms with Crippen LogP contribution in [-0.2, 0) is 12.5 Å². The minimum atomic E-state index is -0.0778. The van der Waals surface area contributed by atoms with Crippen LogP contribution < -0.4 is 10.5 Å². The smallest absolute Gasteiger partial charge is 0.129 e. The number of rotatable bonds is 2. The van der Waals surface area contributed by atoms with E-state index in [1.54, 1.807) is 11.8 Å². The normalized spacial score (nSPS) is 11.6. The predicted octanol–water partition coefficient (Wildman–Crippen LogP) is 2.98. The maximum Gasteiger partial charge on any atom is 0.129 e. The van der Waals surface area contributed by atoms with Crippen molar-refractivity contribution in [3.05, 3.63) is 30.0 Å². The molecule has 0 bridgehead atoms. The van der Waals surface area contributed by atoms with Crippen molar-refractivity contribution in [1.29, 1.82) is 0 Å². The molecule has 0 atom stereocenters. The molecule has 2 N–H and O–H groups in total. The van der Waals surface area contributed by atoms with Crippen LogP contribution in [0.2, 0.25) is 0 Å². The maximum absolute atomic E-state index is 6.20. The van der Waals surface area contributed by atoms with Gasteiger partial charge in [-0.15, -0.1) is 0 Å². The second-order valence-electron chi connectivity index (χ2n) is 5.68. The third kappa shape index (κ3) is 2.30. The summed E-state index contributed by atoms with van der Waals surface area (Å²) in [7, 11) is 3.53. The first-order chi connectivity index (χ1) is 8.86. The van der Waals surface area contributed by atoms with E-state index in [1.165, 1.54) is 0 Å². The highest BCUT2D eigenvalue weighted by Crippen LogP contribution is 2.40. The molecule has 2 aromatic rings. The first kappa shape index (κ1) is 13.5. The Morgan fingerprint density at radius 2 is 1.84 bits per heavy atom. The van der Waals surface area contributed by atoms with E-state index in [9.17, 15) is 0 Å². The highest BCUT2D eigenvalue weighted by Gasteiger charge is 2.27. The van der Waals surface area contributed by atoms with Crippen LogP contribution in [0, 0.1) is 0 Å². The molecular weight excluding hydrogens is 238 g/mol. The number of aromatic nitrogens is 2. The van der Waals surface area contributed by atoms with Crippen molar-refractivity contribution in [2.24, 2.45) is 7.05 Å². The van der Waals surface area contributed by atoms with Crippen molar-refractivity contribution in [2.45, 2.75) is 26.2 Å². The SMILES string of the molecule is COc1ccccc1-c1c(C(C)(C)C)nn(C)c1N. The third-order valence-corrected chi connectivity index (χ3v) is 3.18. The van der Waals surface area contributed by atoms with Crippen LogP contribution in [0.4, 0.5) is 5.82 Å². The zero-order chi connectivity index (χ0) is 14.2. The molecule has 2 rings (SSSR count). The van der Waals surface area contributed by atoms with Crippen molar-refractivity contribution in [1.82, 2.24) is 9.78 Å². The van der Waals surface area contributed by atoms with E-state index >= 15 is 0 Å². The molecule has 19 heavy (non-hydrogen) atoms. The fourth-order valence-corrected chi connectivity index (χ4v) is 2.18. The summed E-state index contributed by atoms with van der Waals surface area (Å²) in [6, 6.07) is 7.89. The first-order valence-electron chi connectivity index (χ1n) is 6.32. The van der Waals surface area contributed by atoms with Gasteiger partial charge in [0.05, 0.1) is 18.4 Å². The molecule has 1 aromatic carbocycles. The summed E-state index contributed by atoms with van der Waals surface area (Å²) in [5.41, 5.74) is 9.06. The molecule has 0 saturated heterocycles. The Bertz CT molecular complexity index is 594. The van der Waals surface area contributed by atoms with Crippen molar-refractivity contribution in [3.8, 4) is 16.9 Å². The number of benzene rings is 1. The lowest BCUT2D eigenvalue weighted by Gasteiger charge is -2.18. The number of anilines is 1. The molecule has 0 unspecified atom stereocenters. The average Bonchev–Trinajstić information content (AvgIpc) is 2.66. The highest BCUT2D eigenvalue weighted by molar-refractivity contribution is 5.81. The second kappa shape index (κ2) is 4.61. The van der Waals surface area contributed by atoms with Crippen LogP contribution >= 0.6 is 0 Å². The number of para-hydroxylation sites is 1. The lowest BCUT2D eigenvalue weighted by Crippen LogP contribution is -2.13. The van der Waals surface area contributed by atoms with Gasteiger partial charge < -0.3 is 10.5 Å². The predicted molar refractivity (Wildman–Crippen MR) is 78.3 cm³/mol. The Kier molecular flexibility index (Phi) is 3.27. The zero-order valence-electron chi connectivity index (χ0n) is 12.2.